The molecule has 2 N–H and O–H groups in total. The summed E-state index contributed by atoms with van der Waals surface area (Å²) in [5.74, 6) is 2.23. The molecule has 0 heterocycles. The highest BCUT2D eigenvalue weighted by molar-refractivity contribution is 5.79. The fraction of sp³-hybridized carbons (Fsp3) is 0.588. The molecule has 0 aromatic heterocycles. The van der Waals surface area contributed by atoms with Gasteiger partial charge in [0.25, 0.3) is 0 Å². The molecule has 0 fully saturated rings. The van der Waals surface area contributed by atoms with E-state index in [4.69, 9.17) is 9.47 Å². The van der Waals surface area contributed by atoms with Gasteiger partial charge in [-0.05, 0) is 18.4 Å². The number of nitrogens with one attached hydrogen (secondary N) is 2. The van der Waals surface area contributed by atoms with Crippen LogP contribution in [0.2, 0.25) is 0 Å². The van der Waals surface area contributed by atoms with Crippen molar-refractivity contribution in [1.29, 1.82) is 0 Å². The predicted molar refractivity (Wildman–Crippen MR) is 91.5 cm³/mol. The van der Waals surface area contributed by atoms with Gasteiger partial charge in [0.05, 0.1) is 6.61 Å². The molecule has 1 aromatic carbocycles. The quantitative estimate of drug-likeness (QED) is 0.418. The molecule has 0 radical (unpaired) electrons. The summed E-state index contributed by atoms with van der Waals surface area (Å²) < 4.78 is 10.9. The maximum atomic E-state index is 5.86. The molecule has 0 spiro atoms. The highest BCUT2D eigenvalue weighted by atomic mass is 16.5. The minimum absolute atomic E-state index is 0.510. The summed E-state index contributed by atoms with van der Waals surface area (Å²) in [7, 11) is 3.48. The summed E-state index contributed by atoms with van der Waals surface area (Å²) in [5.41, 5.74) is 1.13. The highest BCUT2D eigenvalue weighted by Gasteiger charge is 2.05. The van der Waals surface area contributed by atoms with Crippen LogP contribution in [0.25, 0.3) is 0 Å². The summed E-state index contributed by atoms with van der Waals surface area (Å²) in [5, 5.41) is 6.57. The smallest absolute Gasteiger partial charge is 0.191 e. The van der Waals surface area contributed by atoms with Crippen LogP contribution in [0.5, 0.6) is 5.75 Å². The van der Waals surface area contributed by atoms with Crippen molar-refractivity contribution >= 4 is 5.96 Å². The standard InChI is InChI=1S/C17H29N3O2/c1-14(2)13-22-16-9-6-5-8-15(16)12-20-17(18-3)19-10-7-11-21-4/h5-6,8-9,14H,7,10-13H2,1-4H3,(H2,18,19,20). The zero-order valence-corrected chi connectivity index (χ0v) is 14.2. The Kier molecular flexibility index (Phi) is 9.07. The first-order valence-electron chi connectivity index (χ1n) is 7.81. The van der Waals surface area contributed by atoms with Crippen LogP contribution in [0.1, 0.15) is 25.8 Å². The highest BCUT2D eigenvalue weighted by Crippen LogP contribution is 2.18. The Labute approximate surface area is 134 Å². The lowest BCUT2D eigenvalue weighted by Gasteiger charge is -2.15. The number of ether oxygens (including phenoxy) is 2. The van der Waals surface area contributed by atoms with Crippen molar-refractivity contribution in [3.8, 4) is 5.75 Å². The number of hydrogen-bond donors (Lipinski definition) is 2. The lowest BCUT2D eigenvalue weighted by molar-refractivity contribution is 0.195. The van der Waals surface area contributed by atoms with Crippen molar-refractivity contribution in [3.63, 3.8) is 0 Å². The molecule has 0 aliphatic carbocycles. The molecular weight excluding hydrogens is 278 g/mol. The summed E-state index contributed by atoms with van der Waals surface area (Å²) in [6.45, 7) is 7.27. The van der Waals surface area contributed by atoms with Gasteiger partial charge in [0.2, 0.25) is 0 Å². The Morgan fingerprint density at radius 1 is 1.23 bits per heavy atom. The third-order valence-corrected chi connectivity index (χ3v) is 3.03. The molecule has 1 aromatic rings. The summed E-state index contributed by atoms with van der Waals surface area (Å²) >= 11 is 0. The van der Waals surface area contributed by atoms with E-state index in [2.05, 4.69) is 35.5 Å². The second-order valence-corrected chi connectivity index (χ2v) is 5.51. The first-order chi connectivity index (χ1) is 10.7. The minimum Gasteiger partial charge on any atom is -0.493 e. The van der Waals surface area contributed by atoms with E-state index >= 15 is 0 Å². The van der Waals surface area contributed by atoms with Crippen molar-refractivity contribution in [3.05, 3.63) is 29.8 Å². The van der Waals surface area contributed by atoms with Gasteiger partial charge in [0.1, 0.15) is 5.75 Å². The lowest BCUT2D eigenvalue weighted by atomic mass is 10.2. The normalized spacial score (nSPS) is 11.6. The number of benzene rings is 1. The monoisotopic (exact) mass is 307 g/mol. The van der Waals surface area contributed by atoms with Crippen molar-refractivity contribution in [2.24, 2.45) is 10.9 Å². The Morgan fingerprint density at radius 3 is 2.68 bits per heavy atom. The molecule has 124 valence electrons. The molecule has 0 saturated heterocycles. The lowest BCUT2D eigenvalue weighted by Crippen LogP contribution is -2.37. The first-order valence-corrected chi connectivity index (χ1v) is 7.81. The molecule has 1 rings (SSSR count). The fourth-order valence-electron chi connectivity index (χ4n) is 1.87. The number of rotatable bonds is 9. The Balaban J connectivity index is 2.48. The first kappa shape index (κ1) is 18.3. The molecule has 0 amide bonds. The zero-order chi connectivity index (χ0) is 16.2. The van der Waals surface area contributed by atoms with Gasteiger partial charge in [-0.25, -0.2) is 0 Å². The van der Waals surface area contributed by atoms with Crippen molar-refractivity contribution in [1.82, 2.24) is 10.6 Å². The second-order valence-electron chi connectivity index (χ2n) is 5.51. The van der Waals surface area contributed by atoms with E-state index in [-0.39, 0.29) is 0 Å². The van der Waals surface area contributed by atoms with Gasteiger partial charge in [-0.2, -0.15) is 0 Å². The average Bonchev–Trinajstić information content (AvgIpc) is 2.53. The molecule has 0 aliphatic rings. The zero-order valence-electron chi connectivity index (χ0n) is 14.2. The van der Waals surface area contributed by atoms with Crippen LogP contribution in [-0.4, -0.2) is 39.9 Å². The molecular formula is C17H29N3O2. The van der Waals surface area contributed by atoms with Gasteiger partial charge in [-0.3, -0.25) is 4.99 Å². The third-order valence-electron chi connectivity index (χ3n) is 3.03. The number of methoxy groups -OCH3 is 1. The number of para-hydroxylation sites is 1. The molecule has 0 aliphatic heterocycles. The molecule has 5 nitrogen and oxygen atoms in total. The van der Waals surface area contributed by atoms with Crippen LogP contribution in [0.3, 0.4) is 0 Å². The van der Waals surface area contributed by atoms with E-state index in [0.29, 0.717) is 12.5 Å². The Bertz CT molecular complexity index is 447. The summed E-state index contributed by atoms with van der Waals surface area (Å²) in [6.07, 6.45) is 0.950. The van der Waals surface area contributed by atoms with Crippen LogP contribution in [0, 0.1) is 5.92 Å². The van der Waals surface area contributed by atoms with Crippen LogP contribution >= 0.6 is 0 Å². The van der Waals surface area contributed by atoms with E-state index in [0.717, 1.165) is 43.5 Å². The summed E-state index contributed by atoms with van der Waals surface area (Å²) in [4.78, 5) is 4.22. The van der Waals surface area contributed by atoms with Crippen molar-refractivity contribution in [2.45, 2.75) is 26.8 Å². The SMILES string of the molecule is CN=C(NCCCOC)NCc1ccccc1OCC(C)C. The Morgan fingerprint density at radius 2 is 2.00 bits per heavy atom. The van der Waals surface area contributed by atoms with E-state index in [1.54, 1.807) is 14.2 Å². The minimum atomic E-state index is 0.510. The van der Waals surface area contributed by atoms with E-state index < -0.39 is 0 Å². The molecule has 0 unspecified atom stereocenters. The van der Waals surface area contributed by atoms with Crippen molar-refractivity contribution in [2.75, 3.05) is 33.9 Å². The number of hydrogen-bond acceptors (Lipinski definition) is 3. The number of guanidine groups is 1. The largest absolute Gasteiger partial charge is 0.493 e. The van der Waals surface area contributed by atoms with E-state index in [9.17, 15) is 0 Å². The van der Waals surface area contributed by atoms with Gasteiger partial charge in [0.15, 0.2) is 5.96 Å². The number of aliphatic imine (C=N–C) groups is 1. The van der Waals surface area contributed by atoms with Crippen molar-refractivity contribution < 1.29 is 9.47 Å². The molecule has 5 heteroatoms. The van der Waals surface area contributed by atoms with Gasteiger partial charge in [-0.1, -0.05) is 32.0 Å². The van der Waals surface area contributed by atoms with Gasteiger partial charge >= 0.3 is 0 Å². The second kappa shape index (κ2) is 10.9. The third kappa shape index (κ3) is 7.31. The Hall–Kier alpha value is -1.75. The predicted octanol–water partition coefficient (Wildman–Crippen LogP) is 2.42. The van der Waals surface area contributed by atoms with Gasteiger partial charge in [-0.15, -0.1) is 0 Å². The molecule has 0 bridgehead atoms. The maximum absolute atomic E-state index is 5.86. The molecule has 0 atom stereocenters. The van der Waals surface area contributed by atoms with Crippen LogP contribution in [0.15, 0.2) is 29.3 Å². The maximum Gasteiger partial charge on any atom is 0.191 e. The topological polar surface area (TPSA) is 54.9 Å². The van der Waals surface area contributed by atoms with Gasteiger partial charge < -0.3 is 20.1 Å². The van der Waals surface area contributed by atoms with Crippen LogP contribution < -0.4 is 15.4 Å². The van der Waals surface area contributed by atoms with Gasteiger partial charge in [0, 0.05) is 39.4 Å². The number of nitrogens with zero attached hydrogens (tertiary/aromatic N) is 1. The molecule has 22 heavy (non-hydrogen) atoms. The summed E-state index contributed by atoms with van der Waals surface area (Å²) in [6, 6.07) is 8.10. The van der Waals surface area contributed by atoms with Crippen LogP contribution in [-0.2, 0) is 11.3 Å². The van der Waals surface area contributed by atoms with E-state index in [1.807, 2.05) is 18.2 Å². The van der Waals surface area contributed by atoms with E-state index in [1.165, 1.54) is 0 Å². The average molecular weight is 307 g/mol. The fourth-order valence-corrected chi connectivity index (χ4v) is 1.87. The molecule has 0 saturated carbocycles. The van der Waals surface area contributed by atoms with Crippen LogP contribution in [0.4, 0.5) is 0 Å².